The van der Waals surface area contributed by atoms with Crippen molar-refractivity contribution in [2.45, 2.75) is 58.7 Å². The van der Waals surface area contributed by atoms with Gasteiger partial charge in [0.25, 0.3) is 5.79 Å². The fourth-order valence-electron chi connectivity index (χ4n) is 3.50. The molecular weight excluding hydrogens is 370 g/mol. The molecule has 2 aromatic rings. The van der Waals surface area contributed by atoms with Crippen molar-refractivity contribution in [2.75, 3.05) is 20.3 Å². The Morgan fingerprint density at radius 1 is 1.14 bits per heavy atom. The summed E-state index contributed by atoms with van der Waals surface area (Å²) >= 11 is 0. The number of methoxy groups -OCH3 is 1. The van der Waals surface area contributed by atoms with Crippen molar-refractivity contribution in [2.24, 2.45) is 5.92 Å². The van der Waals surface area contributed by atoms with Gasteiger partial charge >= 0.3 is 5.97 Å². The molecule has 0 unspecified atom stereocenters. The molecule has 1 fully saturated rings. The molecule has 2 heterocycles. The Balaban J connectivity index is 1.38. The quantitative estimate of drug-likeness (QED) is 0.475. The summed E-state index contributed by atoms with van der Waals surface area (Å²) < 4.78 is 21.8. The lowest BCUT2D eigenvalue weighted by Gasteiger charge is -2.35. The average Bonchev–Trinajstić information content (AvgIpc) is 3.09. The Morgan fingerprint density at radius 3 is 2.48 bits per heavy atom. The zero-order chi connectivity index (χ0) is 20.9. The van der Waals surface area contributed by atoms with E-state index in [1.54, 1.807) is 6.92 Å². The summed E-state index contributed by atoms with van der Waals surface area (Å²) in [5, 5.41) is 0. The van der Waals surface area contributed by atoms with Crippen LogP contribution in [0.2, 0.25) is 0 Å². The van der Waals surface area contributed by atoms with Crippen LogP contribution < -0.4 is 0 Å². The highest BCUT2D eigenvalue weighted by molar-refractivity contribution is 5.77. The number of hydrogen-bond acceptors (Lipinski definition) is 6. The zero-order valence-electron chi connectivity index (χ0n) is 17.8. The maximum atomic E-state index is 11.7. The molecule has 158 valence electrons. The van der Waals surface area contributed by atoms with Crippen molar-refractivity contribution in [3.05, 3.63) is 41.3 Å². The largest absolute Gasteiger partial charge is 0.465 e. The molecule has 0 N–H and O–H groups in total. The maximum absolute atomic E-state index is 11.7. The molecule has 1 aromatic heterocycles. The number of aromatic nitrogens is 1. The van der Waals surface area contributed by atoms with Crippen molar-refractivity contribution in [3.63, 3.8) is 0 Å². The number of hydrogen-bond donors (Lipinski definition) is 0. The molecule has 29 heavy (non-hydrogen) atoms. The summed E-state index contributed by atoms with van der Waals surface area (Å²) in [5.74, 6) is 0.170. The third-order valence-electron chi connectivity index (χ3n) is 5.46. The highest BCUT2D eigenvalue weighted by Crippen LogP contribution is 2.26. The SMILES string of the molecule is COC(=O)C1(C)OCC(CCCCCc2nc(-c3ccc(C)cc3)oc2C)CO1. The summed E-state index contributed by atoms with van der Waals surface area (Å²) in [5.41, 5.74) is 3.28. The minimum atomic E-state index is -1.26. The van der Waals surface area contributed by atoms with Gasteiger partial charge in [0.15, 0.2) is 0 Å². The second-order valence-electron chi connectivity index (χ2n) is 7.91. The van der Waals surface area contributed by atoms with Crippen molar-refractivity contribution in [1.82, 2.24) is 4.98 Å². The van der Waals surface area contributed by atoms with Crippen LogP contribution in [-0.4, -0.2) is 37.1 Å². The van der Waals surface area contributed by atoms with E-state index in [1.165, 1.54) is 12.7 Å². The summed E-state index contributed by atoms with van der Waals surface area (Å²) in [4.78, 5) is 16.4. The predicted octanol–water partition coefficient (Wildman–Crippen LogP) is 4.61. The minimum Gasteiger partial charge on any atom is -0.465 e. The van der Waals surface area contributed by atoms with Crippen LogP contribution in [0.3, 0.4) is 0 Å². The molecular formula is C23H31NO5. The Bertz CT molecular complexity index is 803. The second kappa shape index (κ2) is 9.55. The number of benzene rings is 1. The predicted molar refractivity (Wildman–Crippen MR) is 109 cm³/mol. The summed E-state index contributed by atoms with van der Waals surface area (Å²) in [6.45, 7) is 6.70. The molecule has 6 nitrogen and oxygen atoms in total. The summed E-state index contributed by atoms with van der Waals surface area (Å²) in [6, 6.07) is 8.23. The number of rotatable bonds is 8. The number of carbonyl (C=O) groups is 1. The third kappa shape index (κ3) is 5.46. The Kier molecular flexibility index (Phi) is 7.09. The van der Waals surface area contributed by atoms with E-state index in [0.29, 0.717) is 25.0 Å². The van der Waals surface area contributed by atoms with Crippen LogP contribution in [0, 0.1) is 19.8 Å². The van der Waals surface area contributed by atoms with Crippen LogP contribution in [0.4, 0.5) is 0 Å². The molecule has 0 aliphatic carbocycles. The highest BCUT2D eigenvalue weighted by atomic mass is 16.7. The van der Waals surface area contributed by atoms with Gasteiger partial charge in [-0.25, -0.2) is 9.78 Å². The second-order valence-corrected chi connectivity index (χ2v) is 7.91. The summed E-state index contributed by atoms with van der Waals surface area (Å²) in [7, 11) is 1.34. The van der Waals surface area contributed by atoms with Crippen molar-refractivity contribution in [1.29, 1.82) is 0 Å². The minimum absolute atomic E-state index is 0.314. The molecule has 0 atom stereocenters. The zero-order valence-corrected chi connectivity index (χ0v) is 17.8. The van der Waals surface area contributed by atoms with Gasteiger partial charge in [0, 0.05) is 18.4 Å². The molecule has 1 aliphatic rings. The van der Waals surface area contributed by atoms with Gasteiger partial charge < -0.3 is 18.6 Å². The first kappa shape index (κ1) is 21.5. The molecule has 3 rings (SSSR count). The Hall–Kier alpha value is -2.18. The monoisotopic (exact) mass is 401 g/mol. The average molecular weight is 402 g/mol. The van der Waals surface area contributed by atoms with E-state index < -0.39 is 11.8 Å². The van der Waals surface area contributed by atoms with Crippen LogP contribution in [0.5, 0.6) is 0 Å². The van der Waals surface area contributed by atoms with Gasteiger partial charge in [-0.3, -0.25) is 0 Å². The molecule has 0 spiro atoms. The van der Waals surface area contributed by atoms with Crippen LogP contribution in [0.15, 0.2) is 28.7 Å². The van der Waals surface area contributed by atoms with Crippen molar-refractivity contribution in [3.8, 4) is 11.5 Å². The molecule has 0 amide bonds. The van der Waals surface area contributed by atoms with E-state index in [1.807, 2.05) is 19.1 Å². The van der Waals surface area contributed by atoms with Gasteiger partial charge in [-0.05, 0) is 45.2 Å². The van der Waals surface area contributed by atoms with Gasteiger partial charge in [-0.1, -0.05) is 30.5 Å². The van der Waals surface area contributed by atoms with E-state index in [9.17, 15) is 4.79 Å². The Labute approximate surface area is 172 Å². The van der Waals surface area contributed by atoms with E-state index in [2.05, 4.69) is 24.0 Å². The number of nitrogens with zero attached hydrogens (tertiary/aromatic N) is 1. The lowest BCUT2D eigenvalue weighted by Crippen LogP contribution is -2.48. The van der Waals surface area contributed by atoms with Crippen LogP contribution >= 0.6 is 0 Å². The number of unbranched alkanes of at least 4 members (excludes halogenated alkanes) is 2. The summed E-state index contributed by atoms with van der Waals surface area (Å²) in [6.07, 6.45) is 5.20. The first-order valence-electron chi connectivity index (χ1n) is 10.3. The van der Waals surface area contributed by atoms with Crippen molar-refractivity contribution < 1.29 is 23.4 Å². The molecule has 1 saturated heterocycles. The van der Waals surface area contributed by atoms with Crippen molar-refractivity contribution >= 4 is 5.97 Å². The first-order chi connectivity index (χ1) is 13.9. The fraction of sp³-hybridized carbons (Fsp3) is 0.565. The third-order valence-corrected chi connectivity index (χ3v) is 5.46. The van der Waals surface area contributed by atoms with Gasteiger partial charge in [-0.15, -0.1) is 0 Å². The smallest absolute Gasteiger partial charge is 0.366 e. The number of aryl methyl sites for hydroxylation is 3. The highest BCUT2D eigenvalue weighted by Gasteiger charge is 2.41. The van der Waals surface area contributed by atoms with E-state index in [0.717, 1.165) is 49.1 Å². The normalized spacial score (nSPS) is 21.9. The topological polar surface area (TPSA) is 70.8 Å². The molecule has 1 aliphatic heterocycles. The Morgan fingerprint density at radius 2 is 1.83 bits per heavy atom. The van der Waals surface area contributed by atoms with Crippen LogP contribution in [-0.2, 0) is 25.4 Å². The van der Waals surface area contributed by atoms with Gasteiger partial charge in [-0.2, -0.15) is 0 Å². The lowest BCUT2D eigenvalue weighted by atomic mass is 10.0. The van der Waals surface area contributed by atoms with Gasteiger partial charge in [0.1, 0.15) is 5.76 Å². The first-order valence-corrected chi connectivity index (χ1v) is 10.3. The molecule has 0 radical (unpaired) electrons. The molecule has 0 saturated carbocycles. The number of oxazole rings is 1. The van der Waals surface area contributed by atoms with Crippen LogP contribution in [0.25, 0.3) is 11.5 Å². The number of carbonyl (C=O) groups excluding carboxylic acids is 1. The molecule has 1 aromatic carbocycles. The molecule has 6 heteroatoms. The van der Waals surface area contributed by atoms with Gasteiger partial charge in [0.2, 0.25) is 5.89 Å². The molecule has 0 bridgehead atoms. The van der Waals surface area contributed by atoms with Gasteiger partial charge in [0.05, 0.1) is 26.0 Å². The number of esters is 1. The van der Waals surface area contributed by atoms with Crippen LogP contribution in [0.1, 0.15) is 49.6 Å². The lowest BCUT2D eigenvalue weighted by molar-refractivity contribution is -0.272. The van der Waals surface area contributed by atoms with E-state index in [4.69, 9.17) is 18.6 Å². The number of ether oxygens (including phenoxy) is 3. The standard InChI is InChI=1S/C23H31NO5/c1-16-10-12-19(13-11-16)21-24-20(17(2)29-21)9-7-5-6-8-18-14-27-23(3,28-15-18)22(25)26-4/h10-13,18H,5-9,14-15H2,1-4H3. The fourth-order valence-corrected chi connectivity index (χ4v) is 3.50. The maximum Gasteiger partial charge on any atom is 0.366 e. The van der Waals surface area contributed by atoms with E-state index >= 15 is 0 Å². The van der Waals surface area contributed by atoms with E-state index in [-0.39, 0.29) is 0 Å².